The van der Waals surface area contributed by atoms with E-state index in [1.165, 1.54) is 16.5 Å². The zero-order valence-corrected chi connectivity index (χ0v) is 11.9. The first kappa shape index (κ1) is 12.6. The van der Waals surface area contributed by atoms with Crippen LogP contribution in [0.15, 0.2) is 29.5 Å². The van der Waals surface area contributed by atoms with Crippen LogP contribution in [0, 0.1) is 13.8 Å². The third-order valence-corrected chi connectivity index (χ3v) is 3.48. The van der Waals surface area contributed by atoms with Crippen molar-refractivity contribution in [3.8, 4) is 0 Å². The van der Waals surface area contributed by atoms with Gasteiger partial charge in [-0.25, -0.2) is 4.68 Å². The predicted molar refractivity (Wildman–Crippen MR) is 80.2 cm³/mol. The summed E-state index contributed by atoms with van der Waals surface area (Å²) in [5.74, 6) is 1.57. The molecule has 3 aromatic rings. The Balaban J connectivity index is 2.04. The molecular weight excluding hydrogens is 250 g/mol. The van der Waals surface area contributed by atoms with Crippen LogP contribution in [0.2, 0.25) is 0 Å². The smallest absolute Gasteiger partial charge is 0.151 e. The number of hydrogen-bond donors (Lipinski definition) is 1. The molecule has 0 fully saturated rings. The minimum Gasteiger partial charge on any atom is -0.360 e. The largest absolute Gasteiger partial charge is 0.360 e. The first-order chi connectivity index (χ1) is 9.70. The molecule has 1 N–H and O–H groups in total. The summed E-state index contributed by atoms with van der Waals surface area (Å²) in [6, 6.07) is 6.34. The number of benzene rings is 1. The van der Waals surface area contributed by atoms with Crippen molar-refractivity contribution in [1.82, 2.24) is 19.9 Å². The lowest BCUT2D eigenvalue weighted by Crippen LogP contribution is -1.96. The standard InChI is InChI=1S/C15H17N5/c1-4-12-6-5-7-14-13(8-16-15(12)14)9-17-20-10(2)18-19-11(20)3/h5-9,16H,4H2,1-3H3. The van der Waals surface area contributed by atoms with Gasteiger partial charge in [-0.05, 0) is 25.8 Å². The summed E-state index contributed by atoms with van der Waals surface area (Å²) in [7, 11) is 0. The number of aryl methyl sites for hydroxylation is 3. The summed E-state index contributed by atoms with van der Waals surface area (Å²) >= 11 is 0. The third kappa shape index (κ3) is 2.01. The van der Waals surface area contributed by atoms with Gasteiger partial charge < -0.3 is 4.98 Å². The van der Waals surface area contributed by atoms with Gasteiger partial charge >= 0.3 is 0 Å². The first-order valence-electron chi connectivity index (χ1n) is 6.72. The minimum atomic E-state index is 0.785. The van der Waals surface area contributed by atoms with E-state index in [1.807, 2.05) is 26.3 Å². The van der Waals surface area contributed by atoms with Gasteiger partial charge in [-0.3, -0.25) is 0 Å². The molecule has 3 rings (SSSR count). The Labute approximate surface area is 117 Å². The molecule has 2 aromatic heterocycles. The van der Waals surface area contributed by atoms with Gasteiger partial charge in [0, 0.05) is 22.7 Å². The number of aromatic nitrogens is 4. The molecule has 0 unspecified atom stereocenters. The van der Waals surface area contributed by atoms with E-state index < -0.39 is 0 Å². The van der Waals surface area contributed by atoms with Crippen LogP contribution in [0.1, 0.15) is 29.7 Å². The van der Waals surface area contributed by atoms with Crippen molar-refractivity contribution >= 4 is 17.1 Å². The van der Waals surface area contributed by atoms with E-state index in [0.29, 0.717) is 0 Å². The average Bonchev–Trinajstić information content (AvgIpc) is 3.01. The van der Waals surface area contributed by atoms with E-state index >= 15 is 0 Å². The fourth-order valence-corrected chi connectivity index (χ4v) is 2.39. The number of nitrogens with zero attached hydrogens (tertiary/aromatic N) is 4. The van der Waals surface area contributed by atoms with Gasteiger partial charge in [-0.2, -0.15) is 5.10 Å². The molecule has 5 heteroatoms. The molecule has 5 nitrogen and oxygen atoms in total. The summed E-state index contributed by atoms with van der Waals surface area (Å²) in [6.07, 6.45) is 4.85. The molecular formula is C15H17N5. The predicted octanol–water partition coefficient (Wildman–Crippen LogP) is 2.82. The lowest BCUT2D eigenvalue weighted by Gasteiger charge is -1.99. The van der Waals surface area contributed by atoms with Gasteiger partial charge in [0.15, 0.2) is 11.6 Å². The van der Waals surface area contributed by atoms with Crippen LogP contribution in [-0.2, 0) is 6.42 Å². The molecule has 2 heterocycles. The molecule has 20 heavy (non-hydrogen) atoms. The fourth-order valence-electron chi connectivity index (χ4n) is 2.39. The number of para-hydroxylation sites is 1. The Bertz CT molecular complexity index is 759. The molecule has 0 radical (unpaired) electrons. The zero-order valence-electron chi connectivity index (χ0n) is 11.9. The van der Waals surface area contributed by atoms with Gasteiger partial charge in [0.2, 0.25) is 0 Å². The highest BCUT2D eigenvalue weighted by molar-refractivity contribution is 6.00. The number of hydrogen-bond acceptors (Lipinski definition) is 3. The lowest BCUT2D eigenvalue weighted by molar-refractivity contribution is 0.799. The maximum absolute atomic E-state index is 4.46. The van der Waals surface area contributed by atoms with Gasteiger partial charge in [-0.15, -0.1) is 10.2 Å². The zero-order chi connectivity index (χ0) is 14.1. The lowest BCUT2D eigenvalue weighted by atomic mass is 10.1. The van der Waals surface area contributed by atoms with Crippen molar-refractivity contribution in [3.63, 3.8) is 0 Å². The van der Waals surface area contributed by atoms with Gasteiger partial charge in [0.05, 0.1) is 6.21 Å². The minimum absolute atomic E-state index is 0.785. The molecule has 102 valence electrons. The number of H-pyrrole nitrogens is 1. The molecule has 0 saturated heterocycles. The van der Waals surface area contributed by atoms with Crippen LogP contribution in [0.3, 0.4) is 0 Å². The Morgan fingerprint density at radius 1 is 1.25 bits per heavy atom. The van der Waals surface area contributed by atoms with E-state index in [9.17, 15) is 0 Å². The van der Waals surface area contributed by atoms with Crippen LogP contribution in [0.25, 0.3) is 10.9 Å². The Hall–Kier alpha value is -2.43. The fraction of sp³-hybridized carbons (Fsp3) is 0.267. The van der Waals surface area contributed by atoms with E-state index in [4.69, 9.17) is 0 Å². The average molecular weight is 267 g/mol. The Morgan fingerprint density at radius 2 is 2.00 bits per heavy atom. The highest BCUT2D eigenvalue weighted by Gasteiger charge is 2.06. The number of aromatic amines is 1. The first-order valence-corrected chi connectivity index (χ1v) is 6.72. The summed E-state index contributed by atoms with van der Waals surface area (Å²) in [4.78, 5) is 3.34. The highest BCUT2D eigenvalue weighted by Crippen LogP contribution is 2.21. The van der Waals surface area contributed by atoms with Crippen molar-refractivity contribution in [3.05, 3.63) is 47.2 Å². The van der Waals surface area contributed by atoms with Gasteiger partial charge in [0.1, 0.15) is 0 Å². The monoisotopic (exact) mass is 267 g/mol. The summed E-state index contributed by atoms with van der Waals surface area (Å²) in [5, 5.41) is 13.6. The van der Waals surface area contributed by atoms with Crippen molar-refractivity contribution in [1.29, 1.82) is 0 Å². The Kier molecular flexibility index (Phi) is 3.10. The number of rotatable bonds is 3. The maximum atomic E-state index is 4.46. The molecule has 1 aromatic carbocycles. The van der Waals surface area contributed by atoms with Crippen LogP contribution in [-0.4, -0.2) is 26.1 Å². The number of nitrogens with one attached hydrogen (secondary N) is 1. The summed E-state index contributed by atoms with van der Waals surface area (Å²) < 4.78 is 1.74. The molecule has 0 aliphatic rings. The van der Waals surface area contributed by atoms with Crippen molar-refractivity contribution in [2.45, 2.75) is 27.2 Å². The Morgan fingerprint density at radius 3 is 2.70 bits per heavy atom. The van der Waals surface area contributed by atoms with Crippen LogP contribution < -0.4 is 0 Å². The van der Waals surface area contributed by atoms with E-state index in [0.717, 1.165) is 23.6 Å². The molecule has 0 aliphatic carbocycles. The van der Waals surface area contributed by atoms with E-state index in [2.05, 4.69) is 45.4 Å². The van der Waals surface area contributed by atoms with E-state index in [1.54, 1.807) is 4.68 Å². The van der Waals surface area contributed by atoms with Gasteiger partial charge in [-0.1, -0.05) is 25.1 Å². The molecule has 0 atom stereocenters. The van der Waals surface area contributed by atoms with Crippen molar-refractivity contribution < 1.29 is 0 Å². The molecule has 0 aliphatic heterocycles. The van der Waals surface area contributed by atoms with E-state index in [-0.39, 0.29) is 0 Å². The maximum Gasteiger partial charge on any atom is 0.151 e. The van der Waals surface area contributed by atoms with Crippen LogP contribution in [0.5, 0.6) is 0 Å². The summed E-state index contributed by atoms with van der Waals surface area (Å²) in [5.41, 5.74) is 3.58. The quantitative estimate of drug-likeness (QED) is 0.742. The third-order valence-electron chi connectivity index (χ3n) is 3.48. The SMILES string of the molecule is CCc1cccc2c(C=Nn3c(C)nnc3C)c[nH]c12. The van der Waals surface area contributed by atoms with Crippen LogP contribution in [0.4, 0.5) is 0 Å². The normalized spacial score (nSPS) is 11.8. The van der Waals surface area contributed by atoms with Crippen molar-refractivity contribution in [2.24, 2.45) is 5.10 Å². The van der Waals surface area contributed by atoms with Crippen molar-refractivity contribution in [2.75, 3.05) is 0 Å². The molecule has 0 saturated carbocycles. The molecule has 0 bridgehead atoms. The van der Waals surface area contributed by atoms with Gasteiger partial charge in [0.25, 0.3) is 0 Å². The second kappa shape index (κ2) is 4.92. The number of fused-ring (bicyclic) bond motifs is 1. The topological polar surface area (TPSA) is 58.9 Å². The highest BCUT2D eigenvalue weighted by atomic mass is 15.4. The molecule has 0 spiro atoms. The second-order valence-corrected chi connectivity index (χ2v) is 4.79. The summed E-state index contributed by atoms with van der Waals surface area (Å²) in [6.45, 7) is 5.94. The second-order valence-electron chi connectivity index (χ2n) is 4.79. The van der Waals surface area contributed by atoms with Crippen LogP contribution >= 0.6 is 0 Å². The molecule has 0 amide bonds.